The van der Waals surface area contributed by atoms with Crippen molar-refractivity contribution in [1.29, 1.82) is 5.26 Å². The van der Waals surface area contributed by atoms with E-state index in [1.807, 2.05) is 0 Å². The second-order valence-corrected chi connectivity index (χ2v) is 6.89. The minimum Gasteiger partial charge on any atom is -0.300 e. The normalized spacial score (nSPS) is 26.6. The molecule has 2 heteroatoms. The molecule has 0 N–H and O–H groups in total. The molecule has 1 saturated heterocycles. The van der Waals surface area contributed by atoms with Crippen LogP contribution in [0.1, 0.15) is 65.2 Å². The molecule has 0 aromatic carbocycles. The lowest BCUT2D eigenvalue weighted by Crippen LogP contribution is -2.35. The Labute approximate surface area is 112 Å². The van der Waals surface area contributed by atoms with Crippen LogP contribution in [0.2, 0.25) is 0 Å². The second kappa shape index (κ2) is 6.06. The van der Waals surface area contributed by atoms with Gasteiger partial charge < -0.3 is 4.90 Å². The number of likely N-dealkylation sites (tertiary alicyclic amines) is 1. The van der Waals surface area contributed by atoms with Crippen LogP contribution in [0.4, 0.5) is 0 Å². The molecular weight excluding hydrogens is 220 g/mol. The molecule has 2 nitrogen and oxygen atoms in total. The molecule has 1 aliphatic carbocycles. The highest BCUT2D eigenvalue weighted by molar-refractivity contribution is 4.92. The van der Waals surface area contributed by atoms with Gasteiger partial charge in [-0.15, -0.1) is 0 Å². The van der Waals surface area contributed by atoms with E-state index in [1.165, 1.54) is 58.0 Å². The topological polar surface area (TPSA) is 27.0 Å². The molecule has 1 saturated carbocycles. The van der Waals surface area contributed by atoms with Crippen molar-refractivity contribution >= 4 is 0 Å². The summed E-state index contributed by atoms with van der Waals surface area (Å²) in [5, 5.41) is 9.05. The zero-order valence-corrected chi connectivity index (χ0v) is 12.1. The second-order valence-electron chi connectivity index (χ2n) is 6.89. The van der Waals surface area contributed by atoms with Crippen LogP contribution in [0.15, 0.2) is 0 Å². The van der Waals surface area contributed by atoms with Crippen LogP contribution in [0.3, 0.4) is 0 Å². The Kier molecular flexibility index (Phi) is 4.67. The summed E-state index contributed by atoms with van der Waals surface area (Å²) in [7, 11) is 0. The van der Waals surface area contributed by atoms with Gasteiger partial charge in [-0.25, -0.2) is 0 Å². The van der Waals surface area contributed by atoms with Crippen molar-refractivity contribution in [2.45, 2.75) is 71.3 Å². The average molecular weight is 248 g/mol. The van der Waals surface area contributed by atoms with Crippen LogP contribution in [-0.2, 0) is 0 Å². The first-order chi connectivity index (χ1) is 8.62. The SMILES string of the molecule is CC(C)(C#N)CCCN1CCCC1C1CCCC1. The first kappa shape index (κ1) is 13.9. The van der Waals surface area contributed by atoms with Crippen LogP contribution < -0.4 is 0 Å². The lowest BCUT2D eigenvalue weighted by Gasteiger charge is -2.30. The fraction of sp³-hybridized carbons (Fsp3) is 0.938. The molecule has 2 rings (SSSR count). The van der Waals surface area contributed by atoms with Gasteiger partial charge in [0.15, 0.2) is 0 Å². The largest absolute Gasteiger partial charge is 0.300 e. The maximum absolute atomic E-state index is 9.05. The third-order valence-electron chi connectivity index (χ3n) is 4.91. The van der Waals surface area contributed by atoms with E-state index < -0.39 is 0 Å². The van der Waals surface area contributed by atoms with Crippen molar-refractivity contribution in [3.8, 4) is 6.07 Å². The summed E-state index contributed by atoms with van der Waals surface area (Å²) in [5.41, 5.74) is -0.136. The zero-order valence-electron chi connectivity index (χ0n) is 12.1. The molecule has 0 aromatic rings. The van der Waals surface area contributed by atoms with Crippen molar-refractivity contribution in [3.63, 3.8) is 0 Å². The smallest absolute Gasteiger partial charge is 0.0683 e. The van der Waals surface area contributed by atoms with Crippen LogP contribution in [0.25, 0.3) is 0 Å². The molecular formula is C16H28N2. The highest BCUT2D eigenvalue weighted by Crippen LogP contribution is 2.35. The minimum atomic E-state index is -0.136. The summed E-state index contributed by atoms with van der Waals surface area (Å²) in [6.07, 6.45) is 10.9. The maximum atomic E-state index is 9.05. The number of nitrogens with zero attached hydrogens (tertiary/aromatic N) is 2. The van der Waals surface area contributed by atoms with Gasteiger partial charge in [-0.3, -0.25) is 0 Å². The molecule has 0 bridgehead atoms. The molecule has 18 heavy (non-hydrogen) atoms. The summed E-state index contributed by atoms with van der Waals surface area (Å²) >= 11 is 0. The molecule has 1 aliphatic heterocycles. The number of hydrogen-bond acceptors (Lipinski definition) is 2. The van der Waals surface area contributed by atoms with Gasteiger partial charge in [0, 0.05) is 6.04 Å². The van der Waals surface area contributed by atoms with E-state index >= 15 is 0 Å². The molecule has 0 amide bonds. The zero-order chi connectivity index (χ0) is 13.0. The van der Waals surface area contributed by atoms with E-state index in [1.54, 1.807) is 0 Å². The molecule has 1 atom stereocenters. The molecule has 1 unspecified atom stereocenters. The Balaban J connectivity index is 1.76. The average Bonchev–Trinajstić information content (AvgIpc) is 2.98. The van der Waals surface area contributed by atoms with Gasteiger partial charge in [-0.05, 0) is 71.4 Å². The third kappa shape index (κ3) is 3.48. The number of nitriles is 1. The fourth-order valence-corrected chi connectivity index (χ4v) is 3.79. The van der Waals surface area contributed by atoms with Gasteiger partial charge in [0.25, 0.3) is 0 Å². The van der Waals surface area contributed by atoms with Gasteiger partial charge in [-0.2, -0.15) is 5.26 Å². The predicted molar refractivity (Wildman–Crippen MR) is 75.2 cm³/mol. The monoisotopic (exact) mass is 248 g/mol. The summed E-state index contributed by atoms with van der Waals surface area (Å²) in [6.45, 7) is 6.64. The van der Waals surface area contributed by atoms with Crippen LogP contribution >= 0.6 is 0 Å². The summed E-state index contributed by atoms with van der Waals surface area (Å²) in [6, 6.07) is 3.29. The fourth-order valence-electron chi connectivity index (χ4n) is 3.79. The summed E-state index contributed by atoms with van der Waals surface area (Å²) < 4.78 is 0. The lowest BCUT2D eigenvalue weighted by atomic mass is 9.89. The van der Waals surface area contributed by atoms with Gasteiger partial charge in [0.2, 0.25) is 0 Å². The first-order valence-corrected chi connectivity index (χ1v) is 7.78. The molecule has 102 valence electrons. The van der Waals surface area contributed by atoms with Crippen molar-refractivity contribution < 1.29 is 0 Å². The van der Waals surface area contributed by atoms with Crippen LogP contribution in [0.5, 0.6) is 0 Å². The quantitative estimate of drug-likeness (QED) is 0.736. The van der Waals surface area contributed by atoms with Crippen molar-refractivity contribution in [2.24, 2.45) is 11.3 Å². The lowest BCUT2D eigenvalue weighted by molar-refractivity contribution is 0.182. The van der Waals surface area contributed by atoms with Crippen LogP contribution in [0, 0.1) is 22.7 Å². The Morgan fingerprint density at radius 1 is 1.17 bits per heavy atom. The minimum absolute atomic E-state index is 0.136. The Hall–Kier alpha value is -0.550. The van der Waals surface area contributed by atoms with Crippen LogP contribution in [-0.4, -0.2) is 24.0 Å². The van der Waals surface area contributed by atoms with Crippen molar-refractivity contribution in [3.05, 3.63) is 0 Å². The maximum Gasteiger partial charge on any atom is 0.0683 e. The summed E-state index contributed by atoms with van der Waals surface area (Å²) in [4.78, 5) is 2.73. The molecule has 1 heterocycles. The molecule has 0 spiro atoms. The van der Waals surface area contributed by atoms with Crippen molar-refractivity contribution in [2.75, 3.05) is 13.1 Å². The number of rotatable bonds is 5. The van der Waals surface area contributed by atoms with Gasteiger partial charge in [-0.1, -0.05) is 12.8 Å². The van der Waals surface area contributed by atoms with Gasteiger partial charge in [0.05, 0.1) is 11.5 Å². The third-order valence-corrected chi connectivity index (χ3v) is 4.91. The Bertz CT molecular complexity index is 297. The number of hydrogen-bond donors (Lipinski definition) is 0. The molecule has 2 fully saturated rings. The van der Waals surface area contributed by atoms with E-state index in [9.17, 15) is 0 Å². The van der Waals surface area contributed by atoms with E-state index in [2.05, 4.69) is 24.8 Å². The van der Waals surface area contributed by atoms with Crippen molar-refractivity contribution in [1.82, 2.24) is 4.90 Å². The van der Waals surface area contributed by atoms with Gasteiger partial charge >= 0.3 is 0 Å². The van der Waals surface area contributed by atoms with E-state index in [0.29, 0.717) is 0 Å². The molecule has 2 aliphatic rings. The Morgan fingerprint density at radius 2 is 1.89 bits per heavy atom. The first-order valence-electron chi connectivity index (χ1n) is 7.78. The highest BCUT2D eigenvalue weighted by atomic mass is 15.2. The summed E-state index contributed by atoms with van der Waals surface area (Å²) in [5.74, 6) is 0.983. The van der Waals surface area contributed by atoms with E-state index in [4.69, 9.17) is 5.26 Å². The standard InChI is InChI=1S/C16H28N2/c1-16(2,13-17)10-6-12-18-11-5-9-15(18)14-7-3-4-8-14/h14-15H,3-12H2,1-2H3. The Morgan fingerprint density at radius 3 is 2.56 bits per heavy atom. The van der Waals surface area contributed by atoms with Gasteiger partial charge in [0.1, 0.15) is 0 Å². The highest BCUT2D eigenvalue weighted by Gasteiger charge is 2.32. The van der Waals surface area contributed by atoms with E-state index in [0.717, 1.165) is 18.4 Å². The van der Waals surface area contributed by atoms with E-state index in [-0.39, 0.29) is 5.41 Å². The molecule has 0 radical (unpaired) electrons. The molecule has 0 aromatic heterocycles. The predicted octanol–water partition coefficient (Wildman–Crippen LogP) is 3.97.